The molecule has 0 aliphatic heterocycles. The van der Waals surface area contributed by atoms with E-state index in [1.807, 2.05) is 101 Å². The first-order valence-corrected chi connectivity index (χ1v) is 9.48. The number of phenols is 2. The molecule has 0 aliphatic carbocycles. The molecule has 0 amide bonds. The van der Waals surface area contributed by atoms with Crippen LogP contribution in [0.5, 0.6) is 11.5 Å². The zero-order valence-corrected chi connectivity index (χ0v) is 19.0. The molecule has 0 aliphatic rings. The Hall–Kier alpha value is -2.29. The van der Waals surface area contributed by atoms with Crippen LogP contribution in [0.2, 0.25) is 0 Å². The largest absolute Gasteiger partial charge is 2.00 e. The van der Waals surface area contributed by atoms with Crippen LogP contribution < -0.4 is 0 Å². The van der Waals surface area contributed by atoms with Crippen molar-refractivity contribution in [2.24, 2.45) is 0 Å². The minimum atomic E-state index is 0. The number of rotatable bonds is 1. The number of hydrogen-bond acceptors (Lipinski definition) is 2. The smallest absolute Gasteiger partial charge is 0.507 e. The van der Waals surface area contributed by atoms with Crippen LogP contribution in [0, 0.1) is 12.8 Å². The molecule has 29 heavy (non-hydrogen) atoms. The van der Waals surface area contributed by atoms with E-state index in [0.29, 0.717) is 11.1 Å². The maximum Gasteiger partial charge on any atom is 2.00 e. The summed E-state index contributed by atoms with van der Waals surface area (Å²) in [5, 5.41) is 24.8. The number of fused-ring (bicyclic) bond motifs is 2. The van der Waals surface area contributed by atoms with Gasteiger partial charge in [0.1, 0.15) is 11.5 Å². The van der Waals surface area contributed by atoms with E-state index in [1.165, 1.54) is 0 Å². The molecule has 0 heterocycles. The molecule has 3 heteroatoms. The summed E-state index contributed by atoms with van der Waals surface area (Å²) in [6.45, 7) is 8.00. The van der Waals surface area contributed by atoms with Gasteiger partial charge < -0.3 is 23.1 Å². The van der Waals surface area contributed by atoms with E-state index in [1.54, 1.807) is 12.1 Å². The fourth-order valence-electron chi connectivity index (χ4n) is 3.05. The van der Waals surface area contributed by atoms with E-state index in [4.69, 9.17) is 0 Å². The molecule has 0 unspecified atom stereocenters. The van der Waals surface area contributed by atoms with Crippen molar-refractivity contribution in [2.75, 3.05) is 0 Å². The van der Waals surface area contributed by atoms with Crippen LogP contribution in [0.15, 0.2) is 72.8 Å². The Morgan fingerprint density at radius 1 is 0.517 bits per heavy atom. The average molecular weight is 420 g/mol. The third-order valence-corrected chi connectivity index (χ3v) is 4.06. The third kappa shape index (κ3) is 5.85. The summed E-state index contributed by atoms with van der Waals surface area (Å²) in [5.74, 6) is 0.343. The summed E-state index contributed by atoms with van der Waals surface area (Å²) in [5.41, 5.74) is 1.35. The number of aromatic hydroxyl groups is 2. The van der Waals surface area contributed by atoms with Crippen molar-refractivity contribution in [1.29, 1.82) is 0 Å². The molecular weight excluding hydrogens is 392 g/mol. The Bertz CT molecular complexity index is 956. The van der Waals surface area contributed by atoms with Gasteiger partial charge in [-0.3, -0.25) is 0 Å². The summed E-state index contributed by atoms with van der Waals surface area (Å²) in [7, 11) is 0. The van der Waals surface area contributed by atoms with Crippen molar-refractivity contribution in [3.63, 3.8) is 0 Å². The van der Waals surface area contributed by atoms with Crippen LogP contribution in [0.1, 0.15) is 27.7 Å². The van der Waals surface area contributed by atoms with Gasteiger partial charge in [0.05, 0.1) is 0 Å². The zero-order valence-electron chi connectivity index (χ0n) is 17.5. The minimum absolute atomic E-state index is 0. The second-order valence-electron chi connectivity index (χ2n) is 6.52. The van der Waals surface area contributed by atoms with Crippen LogP contribution in [0.4, 0.5) is 0 Å². The number of phenolic OH excluding ortho intramolecular Hbond substituents is 2. The number of benzene rings is 4. The van der Waals surface area contributed by atoms with Gasteiger partial charge in [0, 0.05) is 11.1 Å². The van der Waals surface area contributed by atoms with Crippen LogP contribution in [0.25, 0.3) is 32.7 Å². The number of hydrogen-bond donors (Lipinski definition) is 2. The predicted octanol–water partition coefficient (Wildman–Crippen LogP) is 7.53. The monoisotopic (exact) mass is 420 g/mol. The topological polar surface area (TPSA) is 40.5 Å². The summed E-state index contributed by atoms with van der Waals surface area (Å²) in [6.07, 6.45) is 4.00. The molecule has 0 radical (unpaired) electrons. The molecule has 0 fully saturated rings. The second kappa shape index (κ2) is 12.3. The first-order valence-electron chi connectivity index (χ1n) is 9.48. The van der Waals surface area contributed by atoms with Crippen LogP contribution in [-0.2, 0) is 21.7 Å². The molecule has 0 aromatic heterocycles. The molecule has 2 N–H and O–H groups in total. The summed E-state index contributed by atoms with van der Waals surface area (Å²) < 4.78 is 0. The van der Waals surface area contributed by atoms with Crippen LogP contribution in [0.3, 0.4) is 0 Å². The van der Waals surface area contributed by atoms with E-state index in [2.05, 4.69) is 0 Å². The van der Waals surface area contributed by atoms with Gasteiger partial charge in [0.15, 0.2) is 0 Å². The zero-order chi connectivity index (χ0) is 20.5. The average Bonchev–Trinajstić information content (AvgIpc) is 2.70. The van der Waals surface area contributed by atoms with Gasteiger partial charge in [-0.05, 0) is 33.7 Å². The van der Waals surface area contributed by atoms with E-state index in [9.17, 15) is 10.2 Å². The Morgan fingerprint density at radius 3 is 1.17 bits per heavy atom. The quantitative estimate of drug-likeness (QED) is 0.247. The maximum absolute atomic E-state index is 10.4. The Labute approximate surface area is 189 Å². The molecule has 0 bridgehead atoms. The first-order chi connectivity index (χ1) is 13.6. The van der Waals surface area contributed by atoms with Crippen molar-refractivity contribution in [1.82, 2.24) is 0 Å². The molecule has 0 saturated carbocycles. The van der Waals surface area contributed by atoms with Crippen molar-refractivity contribution in [3.8, 4) is 22.6 Å². The van der Waals surface area contributed by atoms with Gasteiger partial charge in [0.2, 0.25) is 0 Å². The maximum atomic E-state index is 10.4. The Balaban J connectivity index is 0.000000540. The predicted molar refractivity (Wildman–Crippen MR) is 122 cm³/mol. The third-order valence-electron chi connectivity index (χ3n) is 4.06. The molecule has 4 rings (SSSR count). The van der Waals surface area contributed by atoms with E-state index >= 15 is 0 Å². The molecule has 148 valence electrons. The fourth-order valence-corrected chi connectivity index (χ4v) is 3.05. The van der Waals surface area contributed by atoms with Crippen molar-refractivity contribution >= 4 is 21.5 Å². The fraction of sp³-hybridized carbons (Fsp3) is 0.154. The van der Waals surface area contributed by atoms with E-state index in [-0.39, 0.29) is 33.2 Å². The van der Waals surface area contributed by atoms with E-state index in [0.717, 1.165) is 21.5 Å². The molecule has 2 nitrogen and oxygen atoms in total. The van der Waals surface area contributed by atoms with Crippen molar-refractivity contribution < 1.29 is 31.9 Å². The van der Waals surface area contributed by atoms with Gasteiger partial charge in [0.25, 0.3) is 0 Å². The molecular formula is C26H28O2Ti. The molecule has 0 atom stereocenters. The van der Waals surface area contributed by atoms with Crippen LogP contribution in [-0.4, -0.2) is 10.2 Å². The molecule has 0 saturated heterocycles. The first kappa shape index (κ1) is 24.8. The SMILES string of the molecule is C[CH-]C.C[CH-]C.Oc1ccc2ccccc2c1-c1c(O)ccc2ccccc12.[Ti+2]. The normalized spacial score (nSPS) is 9.66. The summed E-state index contributed by atoms with van der Waals surface area (Å²) in [4.78, 5) is 0. The van der Waals surface area contributed by atoms with Gasteiger partial charge in [-0.2, -0.15) is 27.7 Å². The van der Waals surface area contributed by atoms with Crippen LogP contribution >= 0.6 is 0 Å². The van der Waals surface area contributed by atoms with Gasteiger partial charge >= 0.3 is 21.7 Å². The molecule has 4 aromatic carbocycles. The molecule has 4 aromatic rings. The Kier molecular flexibility index (Phi) is 10.5. The van der Waals surface area contributed by atoms with Crippen molar-refractivity contribution in [2.45, 2.75) is 27.7 Å². The summed E-state index contributed by atoms with van der Waals surface area (Å²) >= 11 is 0. The second-order valence-corrected chi connectivity index (χ2v) is 6.52. The summed E-state index contributed by atoms with van der Waals surface area (Å²) in [6, 6.07) is 22.9. The minimum Gasteiger partial charge on any atom is -0.507 e. The van der Waals surface area contributed by atoms with Gasteiger partial charge in [-0.1, -0.05) is 60.7 Å². The molecule has 0 spiro atoms. The van der Waals surface area contributed by atoms with E-state index < -0.39 is 0 Å². The van der Waals surface area contributed by atoms with Crippen molar-refractivity contribution in [3.05, 3.63) is 85.6 Å². The van der Waals surface area contributed by atoms with Gasteiger partial charge in [-0.25, -0.2) is 0 Å². The Morgan fingerprint density at radius 2 is 0.828 bits per heavy atom. The van der Waals surface area contributed by atoms with Gasteiger partial charge in [-0.15, -0.1) is 0 Å². The standard InChI is InChI=1S/C20H14O2.2C3H7.Ti/c21-17-11-9-13-5-1-3-7-15(13)19(17)20-16-8-4-2-6-14(16)10-12-18(20)22;2*1-3-2;/h1-12,21-22H;2*3H,1-2H3;/q;2*-1;+2.